The minimum absolute atomic E-state index is 0.0359. The molecule has 0 atom stereocenters. The Morgan fingerprint density at radius 3 is 2.65 bits per heavy atom. The third-order valence-electron chi connectivity index (χ3n) is 4.29. The van der Waals surface area contributed by atoms with E-state index in [1.165, 1.54) is 19.3 Å². The lowest BCUT2D eigenvalue weighted by Gasteiger charge is -2.14. The Bertz CT molecular complexity index is 879. The van der Waals surface area contributed by atoms with E-state index in [9.17, 15) is 4.39 Å². The molecule has 0 bridgehead atoms. The average molecular weight is 378 g/mol. The minimum Gasteiger partial charge on any atom is -0.393 e. The standard InChI is InChI=1S/C12H9ClFN5.C6H12O/c1-15-12-9(14)5-18-11(19-12)8-4-17-10-7(8)2-6(13)3-16-10;7-6-4-2-1-3-5-6/h2-5H,1H3,(H,16,17)(H,15,18,19);6-7H,1-5H2. The normalized spacial score (nSPS) is 14.8. The van der Waals surface area contributed by atoms with Crippen molar-refractivity contribution in [2.75, 3.05) is 12.4 Å². The second-order valence-corrected chi connectivity index (χ2v) is 6.62. The lowest BCUT2D eigenvalue weighted by atomic mass is 9.98. The number of pyridine rings is 1. The van der Waals surface area contributed by atoms with Crippen LogP contribution in [0.3, 0.4) is 0 Å². The minimum atomic E-state index is -0.498. The Labute approximate surface area is 155 Å². The lowest BCUT2D eigenvalue weighted by Crippen LogP contribution is -2.09. The molecule has 6 nitrogen and oxygen atoms in total. The predicted octanol–water partition coefficient (Wildman–Crippen LogP) is 4.17. The van der Waals surface area contributed by atoms with E-state index in [0.717, 1.165) is 30.0 Å². The quantitative estimate of drug-likeness (QED) is 0.624. The van der Waals surface area contributed by atoms with Crippen LogP contribution in [-0.4, -0.2) is 38.2 Å². The van der Waals surface area contributed by atoms with Crippen molar-refractivity contribution in [3.05, 3.63) is 35.5 Å². The molecule has 0 spiro atoms. The van der Waals surface area contributed by atoms with Crippen LogP contribution in [-0.2, 0) is 0 Å². The molecular weight excluding hydrogens is 357 g/mol. The number of hydrogen-bond acceptors (Lipinski definition) is 5. The van der Waals surface area contributed by atoms with Crippen LogP contribution in [0.25, 0.3) is 22.4 Å². The molecule has 0 aliphatic heterocycles. The van der Waals surface area contributed by atoms with Gasteiger partial charge in [-0.25, -0.2) is 19.3 Å². The fraction of sp³-hybridized carbons (Fsp3) is 0.389. The molecule has 3 aromatic rings. The zero-order chi connectivity index (χ0) is 18.5. The first kappa shape index (κ1) is 18.5. The Kier molecular flexibility index (Phi) is 6.00. The zero-order valence-corrected chi connectivity index (χ0v) is 15.2. The number of aromatic nitrogens is 4. The fourth-order valence-corrected chi connectivity index (χ4v) is 3.07. The van der Waals surface area contributed by atoms with Crippen LogP contribution in [0.5, 0.6) is 0 Å². The van der Waals surface area contributed by atoms with Crippen LogP contribution < -0.4 is 5.32 Å². The summed E-state index contributed by atoms with van der Waals surface area (Å²) >= 11 is 5.93. The molecule has 0 radical (unpaired) electrons. The Balaban J connectivity index is 0.000000236. The molecule has 1 aliphatic carbocycles. The number of fused-ring (bicyclic) bond motifs is 1. The van der Waals surface area contributed by atoms with Crippen molar-refractivity contribution in [3.63, 3.8) is 0 Å². The van der Waals surface area contributed by atoms with E-state index in [-0.39, 0.29) is 11.9 Å². The van der Waals surface area contributed by atoms with Crippen molar-refractivity contribution in [1.29, 1.82) is 0 Å². The summed E-state index contributed by atoms with van der Waals surface area (Å²) in [6.07, 6.45) is 10.3. The van der Waals surface area contributed by atoms with Crippen molar-refractivity contribution in [2.24, 2.45) is 0 Å². The van der Waals surface area contributed by atoms with E-state index in [0.29, 0.717) is 16.5 Å². The summed E-state index contributed by atoms with van der Waals surface area (Å²) in [4.78, 5) is 15.3. The molecule has 1 fully saturated rings. The van der Waals surface area contributed by atoms with Crippen LogP contribution in [0, 0.1) is 5.82 Å². The number of anilines is 1. The summed E-state index contributed by atoms with van der Waals surface area (Å²) in [7, 11) is 1.60. The summed E-state index contributed by atoms with van der Waals surface area (Å²) in [5.41, 5.74) is 1.40. The maximum atomic E-state index is 13.4. The van der Waals surface area contributed by atoms with Gasteiger partial charge in [-0.15, -0.1) is 0 Å². The number of hydrogen-bond donors (Lipinski definition) is 3. The molecule has 0 saturated heterocycles. The van der Waals surface area contributed by atoms with Gasteiger partial charge in [0, 0.05) is 30.4 Å². The van der Waals surface area contributed by atoms with E-state index < -0.39 is 5.82 Å². The number of aromatic amines is 1. The second-order valence-electron chi connectivity index (χ2n) is 6.18. The van der Waals surface area contributed by atoms with Crippen LogP contribution in [0.4, 0.5) is 10.2 Å². The van der Waals surface area contributed by atoms with Gasteiger partial charge >= 0.3 is 0 Å². The first-order valence-corrected chi connectivity index (χ1v) is 8.97. The highest BCUT2D eigenvalue weighted by Crippen LogP contribution is 2.27. The molecule has 3 heterocycles. The highest BCUT2D eigenvalue weighted by Gasteiger charge is 2.12. The molecule has 4 rings (SSSR count). The summed E-state index contributed by atoms with van der Waals surface area (Å²) in [6.45, 7) is 0. The van der Waals surface area contributed by atoms with Crippen molar-refractivity contribution >= 4 is 28.5 Å². The van der Waals surface area contributed by atoms with E-state index in [1.807, 2.05) is 0 Å². The molecule has 0 unspecified atom stereocenters. The van der Waals surface area contributed by atoms with Gasteiger partial charge in [0.25, 0.3) is 0 Å². The number of aliphatic hydroxyl groups is 1. The number of H-pyrrole nitrogens is 1. The van der Waals surface area contributed by atoms with Gasteiger partial charge in [0.1, 0.15) is 5.65 Å². The molecule has 3 aromatic heterocycles. The molecule has 8 heteroatoms. The summed E-state index contributed by atoms with van der Waals surface area (Å²) < 4.78 is 13.4. The van der Waals surface area contributed by atoms with Crippen molar-refractivity contribution < 1.29 is 9.50 Å². The van der Waals surface area contributed by atoms with Gasteiger partial charge in [0.15, 0.2) is 17.5 Å². The van der Waals surface area contributed by atoms with E-state index >= 15 is 0 Å². The van der Waals surface area contributed by atoms with E-state index in [2.05, 4.69) is 25.3 Å². The van der Waals surface area contributed by atoms with Crippen LogP contribution in [0.1, 0.15) is 32.1 Å². The molecule has 1 aliphatic rings. The van der Waals surface area contributed by atoms with E-state index in [4.69, 9.17) is 16.7 Å². The van der Waals surface area contributed by atoms with Gasteiger partial charge in [0.2, 0.25) is 0 Å². The fourth-order valence-electron chi connectivity index (χ4n) is 2.92. The van der Waals surface area contributed by atoms with Crippen molar-refractivity contribution in [3.8, 4) is 11.4 Å². The topological polar surface area (TPSA) is 86.7 Å². The highest BCUT2D eigenvalue weighted by atomic mass is 35.5. The van der Waals surface area contributed by atoms with Crippen LogP contribution in [0.15, 0.2) is 24.7 Å². The van der Waals surface area contributed by atoms with Gasteiger partial charge in [-0.1, -0.05) is 30.9 Å². The SMILES string of the molecule is CNc1nc(-c2c[nH]c3ncc(Cl)cc23)ncc1F.OC1CCCCC1. The molecular formula is C18H21ClFN5O. The monoisotopic (exact) mass is 377 g/mol. The van der Waals surface area contributed by atoms with Crippen LogP contribution in [0.2, 0.25) is 5.02 Å². The largest absolute Gasteiger partial charge is 0.393 e. The van der Waals surface area contributed by atoms with Gasteiger partial charge in [-0.3, -0.25) is 0 Å². The number of aliphatic hydroxyl groups excluding tert-OH is 1. The molecule has 0 aromatic carbocycles. The summed E-state index contributed by atoms with van der Waals surface area (Å²) in [5.74, 6) is 0.0534. The van der Waals surface area contributed by atoms with Gasteiger partial charge in [-0.05, 0) is 18.9 Å². The van der Waals surface area contributed by atoms with Crippen LogP contribution >= 0.6 is 11.6 Å². The summed E-state index contributed by atoms with van der Waals surface area (Å²) in [5, 5.41) is 12.9. The van der Waals surface area contributed by atoms with Gasteiger partial charge in [-0.2, -0.15) is 0 Å². The average Bonchev–Trinajstić information content (AvgIpc) is 3.06. The number of nitrogens with one attached hydrogen (secondary N) is 2. The number of halogens is 2. The van der Waals surface area contributed by atoms with Gasteiger partial charge in [0.05, 0.1) is 17.3 Å². The number of rotatable bonds is 2. The number of nitrogens with zero attached hydrogens (tertiary/aromatic N) is 3. The third kappa shape index (κ3) is 4.28. The lowest BCUT2D eigenvalue weighted by molar-refractivity contribution is 0.130. The maximum Gasteiger partial charge on any atom is 0.183 e. The van der Waals surface area contributed by atoms with Crippen molar-refractivity contribution in [2.45, 2.75) is 38.2 Å². The first-order valence-electron chi connectivity index (χ1n) is 8.60. The maximum absolute atomic E-state index is 13.4. The zero-order valence-electron chi connectivity index (χ0n) is 14.5. The van der Waals surface area contributed by atoms with Gasteiger partial charge < -0.3 is 15.4 Å². The Morgan fingerprint density at radius 2 is 2.00 bits per heavy atom. The molecule has 26 heavy (non-hydrogen) atoms. The molecule has 3 N–H and O–H groups in total. The smallest absolute Gasteiger partial charge is 0.183 e. The van der Waals surface area contributed by atoms with E-state index in [1.54, 1.807) is 25.5 Å². The second kappa shape index (κ2) is 8.42. The summed E-state index contributed by atoms with van der Waals surface area (Å²) in [6, 6.07) is 1.77. The highest BCUT2D eigenvalue weighted by molar-refractivity contribution is 6.31. The molecule has 138 valence electrons. The molecule has 1 saturated carbocycles. The Morgan fingerprint density at radius 1 is 1.23 bits per heavy atom. The first-order chi connectivity index (χ1) is 12.6. The third-order valence-corrected chi connectivity index (χ3v) is 4.50. The Hall–Kier alpha value is -2.25. The molecule has 0 amide bonds. The van der Waals surface area contributed by atoms with Crippen molar-refractivity contribution in [1.82, 2.24) is 19.9 Å². The predicted molar refractivity (Wildman–Crippen MR) is 101 cm³/mol.